The van der Waals surface area contributed by atoms with Gasteiger partial charge in [-0.05, 0) is 99.6 Å². The van der Waals surface area contributed by atoms with Crippen molar-refractivity contribution in [1.29, 1.82) is 0 Å². The molecule has 6 atom stereocenters. The number of halogens is 5. The van der Waals surface area contributed by atoms with Crippen molar-refractivity contribution in [3.05, 3.63) is 157 Å². The number of fused-ring (bicyclic) bond motifs is 3. The molecule has 0 bridgehead atoms. The van der Waals surface area contributed by atoms with Crippen LogP contribution in [0.2, 0.25) is 25.1 Å². The number of aldehydes is 3. The van der Waals surface area contributed by atoms with Crippen molar-refractivity contribution < 1.29 is 116 Å². The highest BCUT2D eigenvalue weighted by Crippen LogP contribution is 2.39. The van der Waals surface area contributed by atoms with E-state index in [4.69, 9.17) is 62.7 Å². The van der Waals surface area contributed by atoms with E-state index in [9.17, 15) is 111 Å². The van der Waals surface area contributed by atoms with E-state index in [2.05, 4.69) is 42.5 Å². The van der Waals surface area contributed by atoms with Gasteiger partial charge in [0, 0.05) is 49.8 Å². The number of hydrogen-bond donors (Lipinski definition) is 11. The second-order valence-corrected chi connectivity index (χ2v) is 29.3. The van der Waals surface area contributed by atoms with Crippen LogP contribution in [0, 0.1) is 0 Å². The number of ether oxygens (including phenoxy) is 1. The Bertz CT molecular complexity index is 5150. The topological polar surface area (TPSA) is 527 Å². The molecular weight excluding hydrogens is 1730 g/mol. The molecule has 0 radical (unpaired) electrons. The number of nitrogens with one attached hydrogen (secondary N) is 8. The molecule has 6 aromatic carbocycles. The first-order chi connectivity index (χ1) is 58.3. The third kappa shape index (κ3) is 26.5. The number of benzene rings is 6. The van der Waals surface area contributed by atoms with Gasteiger partial charge in [0.15, 0.2) is 5.75 Å². The third-order valence-corrected chi connectivity index (χ3v) is 19.4. The molecule has 3 aliphatic rings. The van der Waals surface area contributed by atoms with Crippen LogP contribution in [0.5, 0.6) is 5.75 Å². The number of carbonyl (C=O) groups is 20. The molecule has 658 valence electrons. The zero-order chi connectivity index (χ0) is 91.0. The molecule has 0 spiro atoms. The van der Waals surface area contributed by atoms with Gasteiger partial charge in [0.2, 0.25) is 29.5 Å². The number of para-hydroxylation sites is 6. The van der Waals surface area contributed by atoms with Gasteiger partial charge < -0.3 is 91.7 Å². The van der Waals surface area contributed by atoms with Gasteiger partial charge in [-0.25, -0.2) is 0 Å². The van der Waals surface area contributed by atoms with E-state index in [1.54, 1.807) is 36.4 Å². The monoisotopic (exact) mass is 1810 g/mol. The van der Waals surface area contributed by atoms with Crippen LogP contribution >= 0.6 is 58.0 Å². The molecule has 0 aromatic heterocycles. The maximum absolute atomic E-state index is 13.8. The molecule has 0 saturated heterocycles. The second kappa shape index (κ2) is 46.3. The van der Waals surface area contributed by atoms with E-state index < -0.39 is 159 Å². The van der Waals surface area contributed by atoms with E-state index in [0.29, 0.717) is 18.9 Å². The SMILES string of the molecule is C.CC(=O)C[C@@H](C=O)NC(=O)CN1C(=O)[C@@H](NC(=O)c2cc(Cl)c(NC(C)=O)c(Cl)c2)CN(C(=O)CO)c2ccccc21.CC(=O)C[C@@H](C=O)NC(=O)CN1C(=O)[C@@H](NC(=O)c2ccc(NC(C)=O)c(Cl)c2)CN(C(=O)CO)c2ccccc21.COc1c(Cl)cc(C(=O)N[C@H]2CN(C(=O)CO)c3ccccc3N(CC(=O)N[C@H](C=O)CC(C)=O)C2=O)cc1Cl. The summed E-state index contributed by atoms with van der Waals surface area (Å²) in [7, 11) is 1.35. The summed E-state index contributed by atoms with van der Waals surface area (Å²) in [5.74, 6) is -10.9. The predicted molar refractivity (Wildman–Crippen MR) is 455 cm³/mol. The quantitative estimate of drug-likeness (QED) is 0.0288. The first-order valence-corrected chi connectivity index (χ1v) is 38.7. The molecule has 3 heterocycles. The second-order valence-electron chi connectivity index (χ2n) is 27.3. The molecule has 124 heavy (non-hydrogen) atoms. The molecule has 0 fully saturated rings. The number of anilines is 8. The summed E-state index contributed by atoms with van der Waals surface area (Å²) in [4.78, 5) is 255. The smallest absolute Gasteiger partial charge is 0.252 e. The van der Waals surface area contributed by atoms with Gasteiger partial charge in [0.25, 0.3) is 53.2 Å². The number of hydrogen-bond acceptors (Lipinski definition) is 24. The molecule has 9 rings (SSSR count). The third-order valence-electron chi connectivity index (χ3n) is 18.0. The fraction of sp³-hybridized carbons (Fsp3) is 0.309. The Balaban J connectivity index is 0.000000287. The summed E-state index contributed by atoms with van der Waals surface area (Å²) in [6.07, 6.45) is 0.501. The molecule has 14 amide bonds. The van der Waals surface area contributed by atoms with Gasteiger partial charge >= 0.3 is 0 Å². The molecule has 11 N–H and O–H groups in total. The van der Waals surface area contributed by atoms with Gasteiger partial charge in [-0.3, -0.25) is 96.2 Å². The number of Topliss-reactive ketones (excluding diaryl/α,β-unsaturated/α-hetero) is 3. The summed E-state index contributed by atoms with van der Waals surface area (Å²) >= 11 is 30.9. The fourth-order valence-electron chi connectivity index (χ4n) is 12.6. The molecule has 0 unspecified atom stereocenters. The summed E-state index contributed by atoms with van der Waals surface area (Å²) in [6, 6.07) is 20.0. The van der Waals surface area contributed by atoms with Crippen LogP contribution < -0.4 is 76.7 Å². The lowest BCUT2D eigenvalue weighted by Gasteiger charge is -2.25. The highest BCUT2D eigenvalue weighted by Gasteiger charge is 2.42. The number of nitrogens with zero attached hydrogens (tertiary/aromatic N) is 6. The number of carbonyl (C=O) groups excluding carboxylic acids is 20. The van der Waals surface area contributed by atoms with Gasteiger partial charge in [0.05, 0.1) is 115 Å². The minimum atomic E-state index is -1.43. The van der Waals surface area contributed by atoms with Crippen molar-refractivity contribution in [2.45, 2.75) is 97.6 Å². The Kier molecular flexibility index (Phi) is 37.3. The van der Waals surface area contributed by atoms with E-state index in [0.717, 1.165) is 29.4 Å². The number of amides is 14. The highest BCUT2D eigenvalue weighted by molar-refractivity contribution is 6.40. The van der Waals surface area contributed by atoms with Crippen LogP contribution in [-0.4, -0.2) is 237 Å². The van der Waals surface area contributed by atoms with E-state index in [-0.39, 0.29) is 156 Å². The first kappa shape index (κ1) is 99.9. The predicted octanol–water partition coefficient (Wildman–Crippen LogP) is 3.29. The fourth-order valence-corrected chi connectivity index (χ4v) is 14.1. The standard InChI is InChI=1S/C27H27Cl2N5O8.C27H28ClN5O8.C26H26Cl2N4O8.CH4/c1-14(37)7-17(12-35)31-23(39)11-34-22-6-4-3-5-21(22)33(24(40)13-36)10-20(27(34)42)32-26(41)16-8-18(28)25(19(29)9-16)30-15(2)38;1-15(36)9-18(13-34)30-24(38)12-33-23-6-4-3-5-22(23)32(25(39)14-35)11-21(27(33)41)31-26(40)17-7-8-20(19(28)10-17)29-16(2)37;1-14(35)7-16(12-33)29-22(36)11-32-21-6-4-3-5-20(21)31(23(37)13-34)10-19(26(32)39)30-25(38)15-8-17(27)24(40-2)18(28)9-15;/h3-6,8-9,12,17,20,36H,7,10-11,13H2,1-2H3,(H,30,38)(H,31,39)(H,32,41);3-8,10,13,18,21,35H,9,11-12,14H2,1-2H3,(H,29,37)(H,30,38)(H,31,40);3-6,8-9,12,16,19,34H,7,10-11,13H2,1-2H3,(H,29,36)(H,30,38);1H4/t17-,20-;18-,21-;16-,19-;/m000./s1. The lowest BCUT2D eigenvalue weighted by Crippen LogP contribution is -2.55. The Morgan fingerprint density at radius 2 is 0.694 bits per heavy atom. The number of aliphatic hydroxyl groups excluding tert-OH is 3. The average Bonchev–Trinajstić information content (AvgIpc) is 1.64. The Hall–Kier alpha value is -13.0. The Morgan fingerprint density at radius 1 is 0.411 bits per heavy atom. The molecule has 43 heteroatoms. The van der Waals surface area contributed by atoms with E-state index in [1.165, 1.54) is 121 Å². The van der Waals surface area contributed by atoms with Gasteiger partial charge in [-0.2, -0.15) is 0 Å². The molecular formula is C81H85Cl5N14O24. The highest BCUT2D eigenvalue weighted by atomic mass is 35.5. The summed E-state index contributed by atoms with van der Waals surface area (Å²) < 4.78 is 5.09. The van der Waals surface area contributed by atoms with Crippen LogP contribution in [0.25, 0.3) is 0 Å². The average molecular weight is 1820 g/mol. The van der Waals surface area contributed by atoms with E-state index >= 15 is 0 Å². The summed E-state index contributed by atoms with van der Waals surface area (Å²) in [5, 5.41) is 48.6. The normalized spacial score (nSPS) is 15.1. The van der Waals surface area contributed by atoms with Crippen LogP contribution in [-0.2, 0) is 81.5 Å². The van der Waals surface area contributed by atoms with Crippen LogP contribution in [0.3, 0.4) is 0 Å². The maximum Gasteiger partial charge on any atom is 0.252 e. The lowest BCUT2D eigenvalue weighted by atomic mass is 10.1. The van der Waals surface area contributed by atoms with Crippen LogP contribution in [0.1, 0.15) is 92.4 Å². The van der Waals surface area contributed by atoms with Gasteiger partial charge in [-0.1, -0.05) is 102 Å². The summed E-state index contributed by atoms with van der Waals surface area (Å²) in [6.45, 7) is 0.618. The van der Waals surface area contributed by atoms with Crippen molar-refractivity contribution in [3.8, 4) is 5.75 Å². The number of methoxy groups -OCH3 is 1. The van der Waals surface area contributed by atoms with Gasteiger partial charge in [-0.15, -0.1) is 0 Å². The van der Waals surface area contributed by atoms with Crippen LogP contribution in [0.4, 0.5) is 45.5 Å². The van der Waals surface area contributed by atoms with Crippen molar-refractivity contribution >= 4 is 222 Å². The lowest BCUT2D eigenvalue weighted by molar-refractivity contribution is -0.127. The minimum absolute atomic E-state index is 0. The Labute approximate surface area is 732 Å². The Morgan fingerprint density at radius 3 is 0.960 bits per heavy atom. The summed E-state index contributed by atoms with van der Waals surface area (Å²) in [5.41, 5.74) is 1.30. The van der Waals surface area contributed by atoms with Crippen LogP contribution in [0.15, 0.2) is 115 Å². The number of ketones is 3. The molecule has 3 aliphatic heterocycles. The molecule has 0 saturated carbocycles. The van der Waals surface area contributed by atoms with E-state index in [1.807, 2.05) is 0 Å². The van der Waals surface area contributed by atoms with Crippen molar-refractivity contribution in [2.75, 3.05) is 106 Å². The van der Waals surface area contributed by atoms with Crippen molar-refractivity contribution in [1.82, 2.24) is 31.9 Å². The maximum atomic E-state index is 13.8. The number of rotatable bonds is 30. The van der Waals surface area contributed by atoms with Gasteiger partial charge in [0.1, 0.15) is 93.8 Å². The largest absolute Gasteiger partial charge is 0.494 e. The van der Waals surface area contributed by atoms with Crippen molar-refractivity contribution in [3.63, 3.8) is 0 Å². The number of aliphatic hydroxyl groups is 3. The molecule has 6 aromatic rings. The first-order valence-electron chi connectivity index (χ1n) is 36.8. The zero-order valence-electron chi connectivity index (χ0n) is 66.1. The molecule has 0 aliphatic carbocycles. The zero-order valence-corrected chi connectivity index (χ0v) is 69.9. The van der Waals surface area contributed by atoms with Crippen molar-refractivity contribution in [2.24, 2.45) is 0 Å². The molecule has 38 nitrogen and oxygen atoms in total. The minimum Gasteiger partial charge on any atom is -0.494 e.